The van der Waals surface area contributed by atoms with Gasteiger partial charge in [-0.15, -0.1) is 0 Å². The molecule has 0 aromatic heterocycles. The second kappa shape index (κ2) is 5.26. The Kier molecular flexibility index (Phi) is 4.28. The van der Waals surface area contributed by atoms with Crippen molar-refractivity contribution in [2.24, 2.45) is 0 Å². The molecule has 1 aromatic rings. The first-order valence-electron chi connectivity index (χ1n) is 5.61. The summed E-state index contributed by atoms with van der Waals surface area (Å²) in [6.07, 6.45) is 3.31. The van der Waals surface area contributed by atoms with Gasteiger partial charge in [-0.3, -0.25) is 0 Å². The molecule has 0 radical (unpaired) electrons. The molecule has 1 aromatic carbocycles. The van der Waals surface area contributed by atoms with Crippen LogP contribution in [0.15, 0.2) is 24.3 Å². The van der Waals surface area contributed by atoms with Gasteiger partial charge in [-0.25, -0.2) is 4.39 Å². The standard InChI is InChI=1S/C13H19FO/c1-3-9-13(15,10-4-2)11-5-7-12(14)8-6-11/h5-8,15H,3-4,9-10H2,1-2H3. The zero-order valence-electron chi connectivity index (χ0n) is 9.46. The number of rotatable bonds is 5. The van der Waals surface area contributed by atoms with Gasteiger partial charge in [0.15, 0.2) is 0 Å². The molecule has 1 N–H and O–H groups in total. The molecule has 0 saturated carbocycles. The monoisotopic (exact) mass is 210 g/mol. The maximum absolute atomic E-state index is 12.8. The summed E-state index contributed by atoms with van der Waals surface area (Å²) in [7, 11) is 0. The molecule has 0 fully saturated rings. The van der Waals surface area contributed by atoms with Gasteiger partial charge < -0.3 is 5.11 Å². The molecule has 1 nitrogen and oxygen atoms in total. The van der Waals surface area contributed by atoms with Crippen LogP contribution in [0.3, 0.4) is 0 Å². The van der Waals surface area contributed by atoms with Crippen LogP contribution < -0.4 is 0 Å². The Balaban J connectivity index is 2.92. The SMILES string of the molecule is CCCC(O)(CCC)c1ccc(F)cc1. The van der Waals surface area contributed by atoms with Gasteiger partial charge >= 0.3 is 0 Å². The minimum atomic E-state index is -0.781. The van der Waals surface area contributed by atoms with Crippen LogP contribution in [-0.4, -0.2) is 5.11 Å². The highest BCUT2D eigenvalue weighted by Crippen LogP contribution is 2.31. The lowest BCUT2D eigenvalue weighted by molar-refractivity contribution is 0.0169. The molecule has 0 heterocycles. The van der Waals surface area contributed by atoms with Crippen LogP contribution >= 0.6 is 0 Å². The molecular formula is C13H19FO. The molecule has 0 saturated heterocycles. The Morgan fingerprint density at radius 3 is 1.93 bits per heavy atom. The molecule has 0 bridgehead atoms. The first-order valence-corrected chi connectivity index (χ1v) is 5.61. The molecule has 0 aliphatic carbocycles. The molecule has 0 amide bonds. The second-order valence-corrected chi connectivity index (χ2v) is 4.04. The van der Waals surface area contributed by atoms with Crippen molar-refractivity contribution in [2.45, 2.75) is 45.1 Å². The van der Waals surface area contributed by atoms with Gasteiger partial charge in [-0.2, -0.15) is 0 Å². The quantitative estimate of drug-likeness (QED) is 0.787. The largest absolute Gasteiger partial charge is 0.385 e. The van der Waals surface area contributed by atoms with Gasteiger partial charge in [-0.05, 0) is 30.5 Å². The first-order chi connectivity index (χ1) is 7.12. The summed E-state index contributed by atoms with van der Waals surface area (Å²) < 4.78 is 12.8. The summed E-state index contributed by atoms with van der Waals surface area (Å²) in [5, 5.41) is 10.5. The summed E-state index contributed by atoms with van der Waals surface area (Å²) in [5.41, 5.74) is 0.0459. The van der Waals surface area contributed by atoms with Crippen LogP contribution in [0.25, 0.3) is 0 Å². The molecule has 1 rings (SSSR count). The highest BCUT2D eigenvalue weighted by atomic mass is 19.1. The Hall–Kier alpha value is -0.890. The highest BCUT2D eigenvalue weighted by Gasteiger charge is 2.26. The maximum Gasteiger partial charge on any atom is 0.123 e. The Labute approximate surface area is 90.9 Å². The van der Waals surface area contributed by atoms with E-state index in [1.54, 1.807) is 12.1 Å². The van der Waals surface area contributed by atoms with Gasteiger partial charge in [0.05, 0.1) is 5.60 Å². The predicted octanol–water partition coefficient (Wildman–Crippen LogP) is 3.61. The zero-order valence-corrected chi connectivity index (χ0v) is 9.46. The van der Waals surface area contributed by atoms with E-state index in [9.17, 15) is 9.50 Å². The normalized spacial score (nSPS) is 11.7. The molecule has 0 aliphatic rings. The average Bonchev–Trinajstić information content (AvgIpc) is 2.19. The van der Waals surface area contributed by atoms with E-state index in [1.807, 2.05) is 13.8 Å². The van der Waals surface area contributed by atoms with E-state index in [2.05, 4.69) is 0 Å². The van der Waals surface area contributed by atoms with E-state index >= 15 is 0 Å². The third-order valence-electron chi connectivity index (χ3n) is 2.71. The predicted molar refractivity (Wildman–Crippen MR) is 60.1 cm³/mol. The number of hydrogen-bond donors (Lipinski definition) is 1. The smallest absolute Gasteiger partial charge is 0.123 e. The molecule has 15 heavy (non-hydrogen) atoms. The van der Waals surface area contributed by atoms with E-state index in [0.717, 1.165) is 31.2 Å². The third kappa shape index (κ3) is 3.03. The van der Waals surface area contributed by atoms with E-state index in [-0.39, 0.29) is 5.82 Å². The van der Waals surface area contributed by atoms with Crippen molar-refractivity contribution in [3.63, 3.8) is 0 Å². The molecule has 0 unspecified atom stereocenters. The second-order valence-electron chi connectivity index (χ2n) is 4.04. The fourth-order valence-electron chi connectivity index (χ4n) is 2.00. The topological polar surface area (TPSA) is 20.2 Å². The summed E-state index contributed by atoms with van der Waals surface area (Å²) in [6, 6.07) is 6.18. The average molecular weight is 210 g/mol. The van der Waals surface area contributed by atoms with Gasteiger partial charge in [0.25, 0.3) is 0 Å². The Morgan fingerprint density at radius 1 is 1.07 bits per heavy atom. The fraction of sp³-hybridized carbons (Fsp3) is 0.538. The van der Waals surface area contributed by atoms with Crippen LogP contribution in [0.1, 0.15) is 45.1 Å². The van der Waals surface area contributed by atoms with E-state index < -0.39 is 5.60 Å². The third-order valence-corrected chi connectivity index (χ3v) is 2.71. The number of benzene rings is 1. The van der Waals surface area contributed by atoms with Gasteiger partial charge in [0, 0.05) is 0 Å². The van der Waals surface area contributed by atoms with Crippen LogP contribution in [0.5, 0.6) is 0 Å². The Bertz CT molecular complexity index is 286. The maximum atomic E-state index is 12.8. The summed E-state index contributed by atoms with van der Waals surface area (Å²) in [5.74, 6) is -0.255. The fourth-order valence-corrected chi connectivity index (χ4v) is 2.00. The van der Waals surface area contributed by atoms with Gasteiger partial charge in [0.1, 0.15) is 5.82 Å². The van der Waals surface area contributed by atoms with Crippen molar-refractivity contribution in [3.05, 3.63) is 35.6 Å². The van der Waals surface area contributed by atoms with E-state index in [0.29, 0.717) is 0 Å². The minimum absolute atomic E-state index is 0.255. The molecule has 84 valence electrons. The number of aliphatic hydroxyl groups is 1. The van der Waals surface area contributed by atoms with Crippen molar-refractivity contribution in [1.82, 2.24) is 0 Å². The molecular weight excluding hydrogens is 191 g/mol. The van der Waals surface area contributed by atoms with Crippen molar-refractivity contribution in [2.75, 3.05) is 0 Å². The lowest BCUT2D eigenvalue weighted by atomic mass is 9.85. The number of hydrogen-bond acceptors (Lipinski definition) is 1. The van der Waals surface area contributed by atoms with Gasteiger partial charge in [0.2, 0.25) is 0 Å². The van der Waals surface area contributed by atoms with Crippen LogP contribution in [-0.2, 0) is 5.60 Å². The molecule has 0 atom stereocenters. The lowest BCUT2D eigenvalue weighted by Crippen LogP contribution is -2.25. The summed E-state index contributed by atoms with van der Waals surface area (Å²) >= 11 is 0. The van der Waals surface area contributed by atoms with Crippen LogP contribution in [0.4, 0.5) is 4.39 Å². The summed E-state index contributed by atoms with van der Waals surface area (Å²) in [4.78, 5) is 0. The van der Waals surface area contributed by atoms with E-state index in [1.165, 1.54) is 12.1 Å². The first kappa shape index (κ1) is 12.2. The van der Waals surface area contributed by atoms with Crippen molar-refractivity contribution >= 4 is 0 Å². The lowest BCUT2D eigenvalue weighted by Gasteiger charge is -2.28. The molecule has 0 aliphatic heterocycles. The van der Waals surface area contributed by atoms with Crippen molar-refractivity contribution < 1.29 is 9.50 Å². The molecule has 0 spiro atoms. The highest BCUT2D eigenvalue weighted by molar-refractivity contribution is 5.22. The summed E-state index contributed by atoms with van der Waals surface area (Å²) in [6.45, 7) is 4.09. The van der Waals surface area contributed by atoms with Crippen LogP contribution in [0, 0.1) is 5.82 Å². The van der Waals surface area contributed by atoms with Crippen molar-refractivity contribution in [1.29, 1.82) is 0 Å². The zero-order chi connectivity index (χ0) is 11.3. The van der Waals surface area contributed by atoms with Crippen LogP contribution in [0.2, 0.25) is 0 Å². The Morgan fingerprint density at radius 2 is 1.53 bits per heavy atom. The van der Waals surface area contributed by atoms with Crippen molar-refractivity contribution in [3.8, 4) is 0 Å². The van der Waals surface area contributed by atoms with Gasteiger partial charge in [-0.1, -0.05) is 38.8 Å². The number of halogens is 1. The van der Waals surface area contributed by atoms with E-state index in [4.69, 9.17) is 0 Å². The minimum Gasteiger partial charge on any atom is -0.385 e. The molecule has 2 heteroatoms.